The molecule has 1 aromatic carbocycles. The molecule has 0 unspecified atom stereocenters. The Morgan fingerprint density at radius 3 is 2.92 bits per heavy atom. The van der Waals surface area contributed by atoms with Crippen LogP contribution in [0.15, 0.2) is 23.2 Å². The summed E-state index contributed by atoms with van der Waals surface area (Å²) in [5.41, 5.74) is 7.33. The highest BCUT2D eigenvalue weighted by Gasteiger charge is 2.04. The number of H-pyrrole nitrogens is 1. The molecule has 0 spiro atoms. The molecular weight excluding hydrogens is 192 g/mol. The Labute approximate surface area is 80.1 Å². The zero-order chi connectivity index (χ0) is 8.72. The van der Waals surface area contributed by atoms with Gasteiger partial charge < -0.3 is 10.7 Å². The molecule has 2 aromatic rings. The quantitative estimate of drug-likeness (QED) is 0.560. The van der Waals surface area contributed by atoms with Crippen molar-refractivity contribution in [3.05, 3.63) is 23.4 Å². The maximum absolute atomic E-state index is 5.82. The molecule has 3 N–H and O–H groups in total. The van der Waals surface area contributed by atoms with Gasteiger partial charge in [0.1, 0.15) is 0 Å². The smallest absolute Gasteiger partial charge is 0.0583 e. The molecule has 0 fully saturated rings. The van der Waals surface area contributed by atoms with E-state index in [1.807, 2.05) is 6.07 Å². The first kappa shape index (κ1) is 7.83. The second kappa shape index (κ2) is 2.61. The third-order valence-electron chi connectivity index (χ3n) is 1.75. The van der Waals surface area contributed by atoms with E-state index in [1.165, 1.54) is 0 Å². The summed E-state index contributed by atoms with van der Waals surface area (Å²) in [6.07, 6.45) is 1.74. The SMILES string of the molecule is Nc1c[nH]c2cc(Cl)cc(S)c12. The van der Waals surface area contributed by atoms with Crippen LogP contribution in [0.2, 0.25) is 5.02 Å². The minimum atomic E-state index is 0.661. The van der Waals surface area contributed by atoms with E-state index in [4.69, 9.17) is 17.3 Å². The van der Waals surface area contributed by atoms with Crippen molar-refractivity contribution in [2.24, 2.45) is 0 Å². The van der Waals surface area contributed by atoms with Gasteiger partial charge in [0, 0.05) is 21.5 Å². The van der Waals surface area contributed by atoms with E-state index in [1.54, 1.807) is 12.3 Å². The van der Waals surface area contributed by atoms with Crippen LogP contribution in [0.5, 0.6) is 0 Å². The van der Waals surface area contributed by atoms with Crippen LogP contribution in [-0.2, 0) is 0 Å². The number of benzene rings is 1. The maximum atomic E-state index is 5.82. The van der Waals surface area contributed by atoms with Gasteiger partial charge in [-0.2, -0.15) is 0 Å². The van der Waals surface area contributed by atoms with Gasteiger partial charge in [-0.05, 0) is 12.1 Å². The van der Waals surface area contributed by atoms with Crippen molar-refractivity contribution in [2.75, 3.05) is 5.73 Å². The van der Waals surface area contributed by atoms with Gasteiger partial charge in [0.15, 0.2) is 0 Å². The minimum absolute atomic E-state index is 0.661. The molecule has 12 heavy (non-hydrogen) atoms. The van der Waals surface area contributed by atoms with Crippen molar-refractivity contribution in [3.63, 3.8) is 0 Å². The zero-order valence-corrected chi connectivity index (χ0v) is 7.78. The summed E-state index contributed by atoms with van der Waals surface area (Å²) in [4.78, 5) is 3.81. The number of thiol groups is 1. The molecule has 0 aliphatic carbocycles. The van der Waals surface area contributed by atoms with Crippen LogP contribution in [0.3, 0.4) is 0 Å². The number of anilines is 1. The van der Waals surface area contributed by atoms with Gasteiger partial charge in [0.25, 0.3) is 0 Å². The van der Waals surface area contributed by atoms with Gasteiger partial charge >= 0.3 is 0 Å². The monoisotopic (exact) mass is 198 g/mol. The predicted molar refractivity (Wildman–Crippen MR) is 55.0 cm³/mol. The first-order valence-corrected chi connectivity index (χ1v) is 4.26. The number of fused-ring (bicyclic) bond motifs is 1. The Bertz CT molecular complexity index is 436. The van der Waals surface area contributed by atoms with Gasteiger partial charge in [0.05, 0.1) is 11.2 Å². The van der Waals surface area contributed by atoms with Crippen molar-refractivity contribution in [1.29, 1.82) is 0 Å². The van der Waals surface area contributed by atoms with Crippen LogP contribution in [-0.4, -0.2) is 4.98 Å². The number of aromatic nitrogens is 1. The van der Waals surface area contributed by atoms with Crippen molar-refractivity contribution < 1.29 is 0 Å². The molecular formula is C8H7ClN2S. The summed E-state index contributed by atoms with van der Waals surface area (Å²) in [5.74, 6) is 0. The van der Waals surface area contributed by atoms with E-state index in [0.717, 1.165) is 15.8 Å². The number of rotatable bonds is 0. The largest absolute Gasteiger partial charge is 0.397 e. The molecule has 62 valence electrons. The van der Waals surface area contributed by atoms with Crippen LogP contribution in [0.1, 0.15) is 0 Å². The minimum Gasteiger partial charge on any atom is -0.397 e. The van der Waals surface area contributed by atoms with E-state index in [9.17, 15) is 0 Å². The Kier molecular flexibility index (Phi) is 1.70. The summed E-state index contributed by atoms with van der Waals surface area (Å²) in [5, 5.41) is 1.59. The van der Waals surface area contributed by atoms with Crippen molar-refractivity contribution >= 4 is 40.8 Å². The highest BCUT2D eigenvalue weighted by molar-refractivity contribution is 7.80. The molecule has 0 aliphatic rings. The number of hydrogen-bond acceptors (Lipinski definition) is 2. The molecule has 0 atom stereocenters. The summed E-state index contributed by atoms with van der Waals surface area (Å²) in [7, 11) is 0. The molecule has 0 radical (unpaired) electrons. The van der Waals surface area contributed by atoms with Crippen LogP contribution in [0.4, 0.5) is 5.69 Å². The second-order valence-electron chi connectivity index (χ2n) is 2.59. The molecule has 1 aromatic heterocycles. The topological polar surface area (TPSA) is 41.8 Å². The number of aromatic amines is 1. The fraction of sp³-hybridized carbons (Fsp3) is 0. The number of halogens is 1. The normalized spacial score (nSPS) is 10.8. The average molecular weight is 199 g/mol. The van der Waals surface area contributed by atoms with Crippen molar-refractivity contribution in [3.8, 4) is 0 Å². The van der Waals surface area contributed by atoms with E-state index in [0.29, 0.717) is 10.7 Å². The van der Waals surface area contributed by atoms with Crippen LogP contribution in [0, 0.1) is 0 Å². The molecule has 0 aliphatic heterocycles. The van der Waals surface area contributed by atoms with Gasteiger partial charge in [-0.15, -0.1) is 12.6 Å². The van der Waals surface area contributed by atoms with E-state index in [-0.39, 0.29) is 0 Å². The fourth-order valence-electron chi connectivity index (χ4n) is 1.24. The molecule has 0 bridgehead atoms. The standard InChI is InChI=1S/C8H7ClN2S/c9-4-1-6-8(7(12)2-4)5(10)3-11-6/h1-3,11-12H,10H2. The number of hydrogen-bond donors (Lipinski definition) is 3. The number of nitrogen functional groups attached to an aromatic ring is 1. The molecule has 0 amide bonds. The Morgan fingerprint density at radius 1 is 1.42 bits per heavy atom. The summed E-state index contributed by atoms with van der Waals surface area (Å²) < 4.78 is 0. The number of nitrogens with two attached hydrogens (primary N) is 1. The van der Waals surface area contributed by atoms with Gasteiger partial charge in [-0.1, -0.05) is 11.6 Å². The lowest BCUT2D eigenvalue weighted by Crippen LogP contribution is -1.81. The van der Waals surface area contributed by atoms with E-state index < -0.39 is 0 Å². The third kappa shape index (κ3) is 1.06. The predicted octanol–water partition coefficient (Wildman–Crippen LogP) is 2.69. The van der Waals surface area contributed by atoms with Crippen LogP contribution in [0.25, 0.3) is 10.9 Å². The highest BCUT2D eigenvalue weighted by Crippen LogP contribution is 2.30. The van der Waals surface area contributed by atoms with Gasteiger partial charge in [-0.3, -0.25) is 0 Å². The highest BCUT2D eigenvalue weighted by atomic mass is 35.5. The lowest BCUT2D eigenvalue weighted by molar-refractivity contribution is 1.47. The molecule has 1 heterocycles. The van der Waals surface area contributed by atoms with E-state index >= 15 is 0 Å². The second-order valence-corrected chi connectivity index (χ2v) is 3.51. The Balaban J connectivity index is 2.93. The molecule has 0 saturated heterocycles. The van der Waals surface area contributed by atoms with Crippen LogP contribution >= 0.6 is 24.2 Å². The fourth-order valence-corrected chi connectivity index (χ4v) is 1.92. The molecule has 4 heteroatoms. The lowest BCUT2D eigenvalue weighted by atomic mass is 10.2. The summed E-state index contributed by atoms with van der Waals surface area (Å²) >= 11 is 10.1. The van der Waals surface area contributed by atoms with Crippen LogP contribution < -0.4 is 5.73 Å². The number of nitrogens with one attached hydrogen (secondary N) is 1. The van der Waals surface area contributed by atoms with Crippen molar-refractivity contribution in [1.82, 2.24) is 4.98 Å². The van der Waals surface area contributed by atoms with Gasteiger partial charge in [-0.25, -0.2) is 0 Å². The third-order valence-corrected chi connectivity index (χ3v) is 2.33. The Morgan fingerprint density at radius 2 is 2.17 bits per heavy atom. The summed E-state index contributed by atoms with van der Waals surface area (Å²) in [6.45, 7) is 0. The first-order valence-electron chi connectivity index (χ1n) is 3.43. The van der Waals surface area contributed by atoms with Crippen molar-refractivity contribution in [2.45, 2.75) is 4.90 Å². The zero-order valence-electron chi connectivity index (χ0n) is 6.13. The lowest BCUT2D eigenvalue weighted by Gasteiger charge is -1.97. The van der Waals surface area contributed by atoms with Gasteiger partial charge in [0.2, 0.25) is 0 Å². The summed E-state index contributed by atoms with van der Waals surface area (Å²) in [6, 6.07) is 3.60. The first-order chi connectivity index (χ1) is 5.68. The van der Waals surface area contributed by atoms with E-state index in [2.05, 4.69) is 17.6 Å². The molecule has 2 rings (SSSR count). The average Bonchev–Trinajstić information content (AvgIpc) is 2.31. The maximum Gasteiger partial charge on any atom is 0.0583 e. The molecule has 0 saturated carbocycles. The Hall–Kier alpha value is -0.800. The molecule has 2 nitrogen and oxygen atoms in total.